The van der Waals surface area contributed by atoms with Crippen molar-refractivity contribution in [2.45, 2.75) is 6.42 Å². The number of hydrogen-bond acceptors (Lipinski definition) is 4. The summed E-state index contributed by atoms with van der Waals surface area (Å²) >= 11 is 11.6. The van der Waals surface area contributed by atoms with Crippen LogP contribution in [-0.4, -0.2) is 34.3 Å². The van der Waals surface area contributed by atoms with E-state index in [2.05, 4.69) is 10.5 Å². The van der Waals surface area contributed by atoms with Crippen molar-refractivity contribution in [2.24, 2.45) is 5.16 Å². The molecule has 100 valence electrons. The van der Waals surface area contributed by atoms with Gasteiger partial charge < -0.3 is 10.5 Å². The Morgan fingerprint density at radius 3 is 2.68 bits per heavy atom. The number of urea groups is 1. The summed E-state index contributed by atoms with van der Waals surface area (Å²) in [7, 11) is 0. The van der Waals surface area contributed by atoms with Gasteiger partial charge in [-0.2, -0.15) is 0 Å². The first-order valence-electron chi connectivity index (χ1n) is 5.31. The number of hydrogen-bond donors (Lipinski definition) is 2. The highest BCUT2D eigenvalue weighted by atomic mass is 35.5. The van der Waals surface area contributed by atoms with Crippen LogP contribution in [0.2, 0.25) is 10.0 Å². The molecular weight excluding hydrogens is 293 g/mol. The van der Waals surface area contributed by atoms with E-state index in [9.17, 15) is 9.59 Å². The number of nitrogens with one attached hydrogen (secondary N) is 1. The maximum Gasteiger partial charge on any atom is 0.328 e. The molecule has 0 unspecified atom stereocenters. The number of anilines is 1. The van der Waals surface area contributed by atoms with Crippen molar-refractivity contribution in [1.29, 1.82) is 0 Å². The lowest BCUT2D eigenvalue weighted by atomic mass is 10.3. The monoisotopic (exact) mass is 301 g/mol. The van der Waals surface area contributed by atoms with E-state index in [0.717, 1.165) is 4.90 Å². The van der Waals surface area contributed by atoms with Gasteiger partial charge in [0.05, 0.1) is 10.0 Å². The molecule has 1 saturated heterocycles. The molecule has 8 heteroatoms. The van der Waals surface area contributed by atoms with Crippen molar-refractivity contribution in [1.82, 2.24) is 4.90 Å². The van der Waals surface area contributed by atoms with Crippen LogP contribution in [0.4, 0.5) is 10.5 Å². The molecule has 6 nitrogen and oxygen atoms in total. The van der Waals surface area contributed by atoms with Gasteiger partial charge in [-0.25, -0.2) is 4.79 Å². The molecule has 1 aromatic rings. The van der Waals surface area contributed by atoms with Crippen LogP contribution < -0.4 is 5.32 Å². The molecule has 1 heterocycles. The summed E-state index contributed by atoms with van der Waals surface area (Å²) < 4.78 is 0. The topological polar surface area (TPSA) is 82.0 Å². The molecule has 2 rings (SSSR count). The molecule has 2 N–H and O–H groups in total. The van der Waals surface area contributed by atoms with Crippen LogP contribution in [0.5, 0.6) is 0 Å². The van der Waals surface area contributed by atoms with Crippen LogP contribution in [0.3, 0.4) is 0 Å². The zero-order chi connectivity index (χ0) is 14.0. The van der Waals surface area contributed by atoms with Gasteiger partial charge in [0.25, 0.3) is 5.91 Å². The molecule has 1 aliphatic rings. The SMILES string of the molecule is O=C(Nc1ccc(Cl)c(Cl)c1)N1CC/C(=N/O)C1=O. The first-order valence-corrected chi connectivity index (χ1v) is 6.07. The zero-order valence-corrected chi connectivity index (χ0v) is 11.1. The van der Waals surface area contributed by atoms with E-state index < -0.39 is 11.9 Å². The second kappa shape index (κ2) is 5.46. The van der Waals surface area contributed by atoms with Crippen molar-refractivity contribution >= 4 is 46.5 Å². The largest absolute Gasteiger partial charge is 0.410 e. The second-order valence-corrected chi connectivity index (χ2v) is 4.63. The molecule has 19 heavy (non-hydrogen) atoms. The van der Waals surface area contributed by atoms with Crippen molar-refractivity contribution in [2.75, 3.05) is 11.9 Å². The number of halogens is 2. The number of amides is 3. The highest BCUT2D eigenvalue weighted by Crippen LogP contribution is 2.25. The van der Waals surface area contributed by atoms with Gasteiger partial charge in [0.1, 0.15) is 5.71 Å². The van der Waals surface area contributed by atoms with Gasteiger partial charge in [0.15, 0.2) is 0 Å². The minimum Gasteiger partial charge on any atom is -0.410 e. The molecule has 0 atom stereocenters. The molecule has 0 saturated carbocycles. The number of rotatable bonds is 1. The predicted molar refractivity (Wildman–Crippen MR) is 71.0 cm³/mol. The average molecular weight is 302 g/mol. The van der Waals surface area contributed by atoms with E-state index in [-0.39, 0.29) is 18.7 Å². The van der Waals surface area contributed by atoms with E-state index in [1.54, 1.807) is 6.07 Å². The third-order valence-electron chi connectivity index (χ3n) is 2.60. The van der Waals surface area contributed by atoms with Crippen LogP contribution in [0, 0.1) is 0 Å². The fraction of sp³-hybridized carbons (Fsp3) is 0.182. The normalized spacial score (nSPS) is 17.1. The summed E-state index contributed by atoms with van der Waals surface area (Å²) in [6.45, 7) is 0.172. The Labute approximate surface area is 118 Å². The molecule has 0 bridgehead atoms. The van der Waals surface area contributed by atoms with Gasteiger partial charge in [-0.3, -0.25) is 9.69 Å². The molecule has 1 aromatic carbocycles. The maximum absolute atomic E-state index is 11.9. The number of likely N-dealkylation sites (tertiary alicyclic amines) is 1. The minimum absolute atomic E-state index is 0.0377. The zero-order valence-electron chi connectivity index (χ0n) is 9.56. The van der Waals surface area contributed by atoms with Gasteiger partial charge >= 0.3 is 6.03 Å². The fourth-order valence-electron chi connectivity index (χ4n) is 1.63. The molecule has 3 amide bonds. The molecule has 0 aliphatic carbocycles. The van der Waals surface area contributed by atoms with Gasteiger partial charge in [0, 0.05) is 18.7 Å². The first-order chi connectivity index (χ1) is 9.02. The van der Waals surface area contributed by atoms with Crippen molar-refractivity contribution < 1.29 is 14.8 Å². The summed E-state index contributed by atoms with van der Waals surface area (Å²) in [4.78, 5) is 24.4. The van der Waals surface area contributed by atoms with E-state index in [4.69, 9.17) is 28.4 Å². The highest BCUT2D eigenvalue weighted by Gasteiger charge is 2.32. The quantitative estimate of drug-likeness (QED) is 0.618. The summed E-state index contributed by atoms with van der Waals surface area (Å²) in [5.41, 5.74) is 0.380. The molecule has 1 aliphatic heterocycles. The van der Waals surface area contributed by atoms with E-state index in [1.165, 1.54) is 12.1 Å². The van der Waals surface area contributed by atoms with Crippen molar-refractivity contribution in [3.05, 3.63) is 28.2 Å². The predicted octanol–water partition coefficient (Wildman–Crippen LogP) is 2.59. The Hall–Kier alpha value is -1.79. The highest BCUT2D eigenvalue weighted by molar-refractivity contribution is 6.43. The van der Waals surface area contributed by atoms with Gasteiger partial charge in [0.2, 0.25) is 0 Å². The summed E-state index contributed by atoms with van der Waals surface area (Å²) in [6, 6.07) is 3.96. The standard InChI is InChI=1S/C11H9Cl2N3O3/c12-7-2-1-6(5-8(7)13)14-11(18)16-4-3-9(15-19)10(16)17/h1-2,5,19H,3-4H2,(H,14,18)/b15-9-. The number of imide groups is 1. The third kappa shape index (κ3) is 2.80. The lowest BCUT2D eigenvalue weighted by Crippen LogP contribution is -2.37. The van der Waals surface area contributed by atoms with Crippen LogP contribution in [-0.2, 0) is 4.79 Å². The van der Waals surface area contributed by atoms with Crippen molar-refractivity contribution in [3.63, 3.8) is 0 Å². The minimum atomic E-state index is -0.611. The lowest BCUT2D eigenvalue weighted by molar-refractivity contribution is -0.119. The number of oxime groups is 1. The average Bonchev–Trinajstić information content (AvgIpc) is 2.75. The van der Waals surface area contributed by atoms with Crippen LogP contribution >= 0.6 is 23.2 Å². The number of carbonyl (C=O) groups is 2. The Balaban J connectivity index is 2.09. The van der Waals surface area contributed by atoms with Crippen LogP contribution in [0.15, 0.2) is 23.4 Å². The molecule has 1 fully saturated rings. The van der Waals surface area contributed by atoms with Crippen LogP contribution in [0.1, 0.15) is 6.42 Å². The first kappa shape index (κ1) is 13.6. The Bertz CT molecular complexity index is 574. The Kier molecular flexibility index (Phi) is 3.92. The summed E-state index contributed by atoms with van der Waals surface area (Å²) in [5.74, 6) is -0.611. The maximum atomic E-state index is 11.9. The molecule has 0 radical (unpaired) electrons. The van der Waals surface area contributed by atoms with Crippen LogP contribution in [0.25, 0.3) is 0 Å². The Morgan fingerprint density at radius 2 is 2.11 bits per heavy atom. The van der Waals surface area contributed by atoms with E-state index in [1.807, 2.05) is 0 Å². The number of benzene rings is 1. The fourth-order valence-corrected chi connectivity index (χ4v) is 1.93. The summed E-state index contributed by atoms with van der Waals surface area (Å²) in [5, 5.41) is 14.6. The number of nitrogens with zero attached hydrogens (tertiary/aromatic N) is 2. The lowest BCUT2D eigenvalue weighted by Gasteiger charge is -2.14. The molecule has 0 aromatic heterocycles. The molecule has 0 spiro atoms. The third-order valence-corrected chi connectivity index (χ3v) is 3.34. The van der Waals surface area contributed by atoms with Crippen molar-refractivity contribution in [3.8, 4) is 0 Å². The Morgan fingerprint density at radius 1 is 1.37 bits per heavy atom. The van der Waals surface area contributed by atoms with E-state index >= 15 is 0 Å². The van der Waals surface area contributed by atoms with Gasteiger partial charge in [-0.05, 0) is 18.2 Å². The van der Waals surface area contributed by atoms with E-state index in [0.29, 0.717) is 15.7 Å². The second-order valence-electron chi connectivity index (χ2n) is 3.81. The summed E-state index contributed by atoms with van der Waals surface area (Å²) in [6.07, 6.45) is 0.226. The molecular formula is C11H9Cl2N3O3. The van der Waals surface area contributed by atoms with Gasteiger partial charge in [-0.1, -0.05) is 28.4 Å². The smallest absolute Gasteiger partial charge is 0.328 e. The number of carbonyl (C=O) groups excluding carboxylic acids is 2. The van der Waals surface area contributed by atoms with Gasteiger partial charge in [-0.15, -0.1) is 0 Å².